The van der Waals surface area contributed by atoms with Gasteiger partial charge in [-0.3, -0.25) is 4.79 Å². The number of ether oxygens (including phenoxy) is 1. The highest BCUT2D eigenvalue weighted by molar-refractivity contribution is 6.00. The molecule has 13 heavy (non-hydrogen) atoms. The van der Waals surface area contributed by atoms with Crippen LogP contribution >= 0.6 is 0 Å². The molecule has 0 unspecified atom stereocenters. The van der Waals surface area contributed by atoms with Gasteiger partial charge in [0.25, 0.3) is 0 Å². The molecule has 0 aromatic carbocycles. The Kier molecular flexibility index (Phi) is 2.30. The van der Waals surface area contributed by atoms with E-state index in [1.165, 1.54) is 0 Å². The summed E-state index contributed by atoms with van der Waals surface area (Å²) in [6, 6.07) is 0. The van der Waals surface area contributed by atoms with E-state index >= 15 is 0 Å². The largest absolute Gasteiger partial charge is 0.497 e. The topological polar surface area (TPSA) is 26.3 Å². The van der Waals surface area contributed by atoms with Gasteiger partial charge in [-0.2, -0.15) is 0 Å². The van der Waals surface area contributed by atoms with E-state index in [0.29, 0.717) is 13.0 Å². The molecule has 0 aromatic rings. The molecular formula is C11H12O2. The molecule has 1 aliphatic heterocycles. The second-order valence-electron chi connectivity index (χ2n) is 3.23. The predicted molar refractivity (Wildman–Crippen MR) is 50.1 cm³/mol. The van der Waals surface area contributed by atoms with Crippen molar-refractivity contribution < 1.29 is 9.53 Å². The van der Waals surface area contributed by atoms with Gasteiger partial charge in [-0.1, -0.05) is 6.08 Å². The van der Waals surface area contributed by atoms with Gasteiger partial charge in [0.1, 0.15) is 6.61 Å². The fourth-order valence-electron chi connectivity index (χ4n) is 1.62. The Morgan fingerprint density at radius 3 is 2.92 bits per heavy atom. The van der Waals surface area contributed by atoms with Crippen molar-refractivity contribution in [2.75, 3.05) is 6.61 Å². The average Bonchev–Trinajstić information content (AvgIpc) is 2.20. The highest BCUT2D eigenvalue weighted by Crippen LogP contribution is 2.22. The van der Waals surface area contributed by atoms with Crippen molar-refractivity contribution in [2.45, 2.75) is 19.3 Å². The first-order valence-electron chi connectivity index (χ1n) is 4.60. The summed E-state index contributed by atoms with van der Waals surface area (Å²) in [5.41, 5.74) is 1.90. The normalized spacial score (nSPS) is 22.0. The molecule has 0 saturated carbocycles. The molecule has 1 aliphatic carbocycles. The Balaban J connectivity index is 2.23. The van der Waals surface area contributed by atoms with E-state index < -0.39 is 0 Å². The molecule has 0 aromatic heterocycles. The van der Waals surface area contributed by atoms with Gasteiger partial charge in [-0.05, 0) is 30.6 Å². The Labute approximate surface area is 77.6 Å². The standard InChI is InChI=1S/C11H12O2/c12-11-4-2-1-3-10(11)9-5-7-13-8-6-9/h3,5-7H,1-2,4,8H2. The van der Waals surface area contributed by atoms with E-state index in [-0.39, 0.29) is 5.78 Å². The van der Waals surface area contributed by atoms with Gasteiger partial charge < -0.3 is 4.74 Å². The van der Waals surface area contributed by atoms with Crippen LogP contribution in [0.3, 0.4) is 0 Å². The third-order valence-corrected chi connectivity index (χ3v) is 2.31. The minimum absolute atomic E-state index is 0.268. The third kappa shape index (κ3) is 1.72. The Bertz CT molecular complexity index is 308. The first-order valence-corrected chi connectivity index (χ1v) is 4.60. The van der Waals surface area contributed by atoms with Crippen molar-refractivity contribution in [3.8, 4) is 0 Å². The molecule has 0 fully saturated rings. The first-order chi connectivity index (χ1) is 6.38. The van der Waals surface area contributed by atoms with Crippen molar-refractivity contribution in [3.05, 3.63) is 35.6 Å². The van der Waals surface area contributed by atoms with E-state index in [1.807, 2.05) is 18.2 Å². The van der Waals surface area contributed by atoms with Crippen LogP contribution in [-0.4, -0.2) is 12.4 Å². The maximum atomic E-state index is 11.5. The van der Waals surface area contributed by atoms with Crippen molar-refractivity contribution in [1.82, 2.24) is 0 Å². The molecule has 0 amide bonds. The summed E-state index contributed by atoms with van der Waals surface area (Å²) < 4.78 is 5.03. The number of ketones is 1. The molecule has 0 bridgehead atoms. The predicted octanol–water partition coefficient (Wildman–Crippen LogP) is 2.14. The summed E-state index contributed by atoms with van der Waals surface area (Å²) in [5, 5.41) is 0. The van der Waals surface area contributed by atoms with E-state index in [9.17, 15) is 4.79 Å². The number of carbonyl (C=O) groups excluding carboxylic acids is 1. The lowest BCUT2D eigenvalue weighted by atomic mass is 9.92. The summed E-state index contributed by atoms with van der Waals surface area (Å²) in [4.78, 5) is 11.5. The molecule has 0 atom stereocenters. The maximum absolute atomic E-state index is 11.5. The SMILES string of the molecule is O=C1CCCC=C1C1=CCOC=C1. The van der Waals surface area contributed by atoms with Gasteiger partial charge in [-0.25, -0.2) is 0 Å². The molecule has 0 radical (unpaired) electrons. The van der Waals surface area contributed by atoms with Crippen LogP contribution in [0.2, 0.25) is 0 Å². The molecule has 2 aliphatic rings. The monoisotopic (exact) mass is 176 g/mol. The molecule has 2 heteroatoms. The summed E-state index contributed by atoms with van der Waals surface area (Å²) in [7, 11) is 0. The lowest BCUT2D eigenvalue weighted by Gasteiger charge is -2.14. The summed E-state index contributed by atoms with van der Waals surface area (Å²) in [6.45, 7) is 0.580. The highest BCUT2D eigenvalue weighted by Gasteiger charge is 2.16. The van der Waals surface area contributed by atoms with Gasteiger partial charge in [0.15, 0.2) is 5.78 Å². The Morgan fingerprint density at radius 1 is 1.31 bits per heavy atom. The van der Waals surface area contributed by atoms with Gasteiger partial charge in [-0.15, -0.1) is 0 Å². The van der Waals surface area contributed by atoms with Crippen LogP contribution in [0.5, 0.6) is 0 Å². The smallest absolute Gasteiger partial charge is 0.163 e. The summed E-state index contributed by atoms with van der Waals surface area (Å²) >= 11 is 0. The highest BCUT2D eigenvalue weighted by atomic mass is 16.5. The average molecular weight is 176 g/mol. The van der Waals surface area contributed by atoms with Gasteiger partial charge in [0.05, 0.1) is 6.26 Å². The maximum Gasteiger partial charge on any atom is 0.163 e. The van der Waals surface area contributed by atoms with Crippen LogP contribution in [0.15, 0.2) is 35.6 Å². The quantitative estimate of drug-likeness (QED) is 0.611. The van der Waals surface area contributed by atoms with E-state index in [1.54, 1.807) is 6.26 Å². The van der Waals surface area contributed by atoms with Crippen molar-refractivity contribution in [1.29, 1.82) is 0 Å². The van der Waals surface area contributed by atoms with Crippen LogP contribution in [0.4, 0.5) is 0 Å². The molecule has 2 nitrogen and oxygen atoms in total. The Morgan fingerprint density at radius 2 is 2.23 bits per heavy atom. The van der Waals surface area contributed by atoms with Crippen LogP contribution in [0.1, 0.15) is 19.3 Å². The van der Waals surface area contributed by atoms with Crippen molar-refractivity contribution in [3.63, 3.8) is 0 Å². The zero-order chi connectivity index (χ0) is 9.10. The van der Waals surface area contributed by atoms with Gasteiger partial charge in [0, 0.05) is 12.0 Å². The van der Waals surface area contributed by atoms with E-state index in [2.05, 4.69) is 0 Å². The molecule has 0 N–H and O–H groups in total. The zero-order valence-electron chi connectivity index (χ0n) is 7.45. The first kappa shape index (κ1) is 8.30. The molecular weight excluding hydrogens is 164 g/mol. The van der Waals surface area contributed by atoms with Crippen LogP contribution < -0.4 is 0 Å². The van der Waals surface area contributed by atoms with Crippen LogP contribution in [0.25, 0.3) is 0 Å². The van der Waals surface area contributed by atoms with Crippen molar-refractivity contribution >= 4 is 5.78 Å². The third-order valence-electron chi connectivity index (χ3n) is 2.31. The number of hydrogen-bond donors (Lipinski definition) is 0. The number of rotatable bonds is 1. The zero-order valence-corrected chi connectivity index (χ0v) is 7.45. The van der Waals surface area contributed by atoms with E-state index in [4.69, 9.17) is 4.74 Å². The fourth-order valence-corrected chi connectivity index (χ4v) is 1.62. The lowest BCUT2D eigenvalue weighted by molar-refractivity contribution is -0.115. The molecule has 0 saturated heterocycles. The minimum atomic E-state index is 0.268. The number of Topliss-reactive ketones (excluding diaryl/α,β-unsaturated/α-hetero) is 1. The molecule has 2 rings (SSSR count). The van der Waals surface area contributed by atoms with E-state index in [0.717, 1.165) is 24.0 Å². The minimum Gasteiger partial charge on any atom is -0.497 e. The number of hydrogen-bond acceptors (Lipinski definition) is 2. The lowest BCUT2D eigenvalue weighted by Crippen LogP contribution is -2.10. The molecule has 0 spiro atoms. The van der Waals surface area contributed by atoms with Crippen LogP contribution in [0, 0.1) is 0 Å². The second-order valence-corrected chi connectivity index (χ2v) is 3.23. The van der Waals surface area contributed by atoms with Crippen LogP contribution in [-0.2, 0) is 9.53 Å². The summed E-state index contributed by atoms with van der Waals surface area (Å²) in [6.07, 6.45) is 10.2. The summed E-state index contributed by atoms with van der Waals surface area (Å²) in [5.74, 6) is 0.268. The molecule has 68 valence electrons. The fraction of sp³-hybridized carbons (Fsp3) is 0.364. The Hall–Kier alpha value is -1.31. The van der Waals surface area contributed by atoms with Gasteiger partial charge in [0.2, 0.25) is 0 Å². The number of allylic oxidation sites excluding steroid dienone is 4. The second kappa shape index (κ2) is 3.60. The van der Waals surface area contributed by atoms with Crippen molar-refractivity contribution in [2.24, 2.45) is 0 Å². The number of carbonyl (C=O) groups is 1. The molecule has 1 heterocycles. The van der Waals surface area contributed by atoms with Gasteiger partial charge >= 0.3 is 0 Å².